The van der Waals surface area contributed by atoms with Gasteiger partial charge in [-0.25, -0.2) is 0 Å². The molecule has 0 unspecified atom stereocenters. The van der Waals surface area contributed by atoms with Gasteiger partial charge in [0.2, 0.25) is 0 Å². The minimum Gasteiger partial charge on any atom is -0.508 e. The van der Waals surface area contributed by atoms with Crippen LogP contribution in [0.4, 0.5) is 0 Å². The summed E-state index contributed by atoms with van der Waals surface area (Å²) in [5.41, 5.74) is 5.77. The van der Waals surface area contributed by atoms with Crippen molar-refractivity contribution < 1.29 is 9.90 Å². The Hall–Kier alpha value is -1.35. The summed E-state index contributed by atoms with van der Waals surface area (Å²) < 4.78 is 0. The van der Waals surface area contributed by atoms with Crippen molar-refractivity contribution >= 4 is 5.78 Å². The van der Waals surface area contributed by atoms with E-state index in [2.05, 4.69) is 0 Å². The minimum absolute atomic E-state index is 0.0222. The van der Waals surface area contributed by atoms with E-state index in [4.69, 9.17) is 5.73 Å². The Morgan fingerprint density at radius 3 is 2.67 bits per heavy atom. The van der Waals surface area contributed by atoms with E-state index in [1.165, 1.54) is 0 Å². The van der Waals surface area contributed by atoms with Crippen LogP contribution in [0.15, 0.2) is 24.3 Å². The molecule has 0 spiro atoms. The number of rotatable bonds is 3. The van der Waals surface area contributed by atoms with Crippen LogP contribution in [-0.4, -0.2) is 17.4 Å². The highest BCUT2D eigenvalue weighted by Gasteiger charge is 2.04. The maximum atomic E-state index is 10.9. The summed E-state index contributed by atoms with van der Waals surface area (Å²) in [7, 11) is 0. The lowest BCUT2D eigenvalue weighted by Crippen LogP contribution is -2.15. The zero-order valence-corrected chi connectivity index (χ0v) is 6.66. The van der Waals surface area contributed by atoms with Gasteiger partial charge in [0.15, 0.2) is 5.78 Å². The van der Waals surface area contributed by atoms with E-state index < -0.39 is 0 Å². The molecule has 0 aliphatic carbocycles. The minimum atomic E-state index is -0.0727. The second kappa shape index (κ2) is 3.88. The molecule has 1 aromatic rings. The normalized spacial score (nSPS) is 9.75. The summed E-state index contributed by atoms with van der Waals surface area (Å²) in [6.45, 7) is 0.0222. The third-order valence-electron chi connectivity index (χ3n) is 1.61. The lowest BCUT2D eigenvalue weighted by molar-refractivity contribution is -0.117. The molecule has 0 atom stereocenters. The van der Waals surface area contributed by atoms with E-state index >= 15 is 0 Å². The van der Waals surface area contributed by atoms with Crippen LogP contribution in [-0.2, 0) is 11.2 Å². The van der Waals surface area contributed by atoms with Gasteiger partial charge in [0.25, 0.3) is 0 Å². The lowest BCUT2D eigenvalue weighted by Gasteiger charge is -2.00. The Bertz CT molecular complexity index is 284. The molecular weight excluding hydrogens is 154 g/mol. The highest BCUT2D eigenvalue weighted by atomic mass is 16.3. The van der Waals surface area contributed by atoms with Gasteiger partial charge in [-0.05, 0) is 6.07 Å². The van der Waals surface area contributed by atoms with Crippen molar-refractivity contribution in [3.05, 3.63) is 29.8 Å². The van der Waals surface area contributed by atoms with Gasteiger partial charge in [-0.15, -0.1) is 0 Å². The molecule has 0 bridgehead atoms. The molecule has 12 heavy (non-hydrogen) atoms. The number of benzene rings is 1. The van der Waals surface area contributed by atoms with Crippen molar-refractivity contribution in [2.24, 2.45) is 5.73 Å². The number of hydrogen-bond acceptors (Lipinski definition) is 3. The molecule has 1 rings (SSSR count). The average Bonchev–Trinajstić information content (AvgIpc) is 2.09. The van der Waals surface area contributed by atoms with Gasteiger partial charge in [-0.3, -0.25) is 4.79 Å². The summed E-state index contributed by atoms with van der Waals surface area (Å²) in [6.07, 6.45) is 0.211. The van der Waals surface area contributed by atoms with Crippen molar-refractivity contribution in [1.29, 1.82) is 0 Å². The highest BCUT2D eigenvalue weighted by Crippen LogP contribution is 2.15. The maximum Gasteiger partial charge on any atom is 0.150 e. The topological polar surface area (TPSA) is 63.3 Å². The van der Waals surface area contributed by atoms with E-state index in [0.717, 1.165) is 0 Å². The molecule has 0 heterocycles. The Morgan fingerprint density at radius 1 is 1.42 bits per heavy atom. The van der Waals surface area contributed by atoms with Crippen LogP contribution in [0.1, 0.15) is 5.56 Å². The van der Waals surface area contributed by atoms with Gasteiger partial charge in [0, 0.05) is 12.0 Å². The number of phenols is 1. The zero-order valence-electron chi connectivity index (χ0n) is 6.66. The van der Waals surface area contributed by atoms with Crippen LogP contribution in [0.25, 0.3) is 0 Å². The van der Waals surface area contributed by atoms with Crippen molar-refractivity contribution in [3.63, 3.8) is 0 Å². The van der Waals surface area contributed by atoms with Gasteiger partial charge in [0.05, 0.1) is 6.54 Å². The van der Waals surface area contributed by atoms with Crippen molar-refractivity contribution in [1.82, 2.24) is 0 Å². The Morgan fingerprint density at radius 2 is 2.08 bits per heavy atom. The van der Waals surface area contributed by atoms with Crippen molar-refractivity contribution in [2.75, 3.05) is 6.54 Å². The van der Waals surface area contributed by atoms with Crippen LogP contribution in [0.5, 0.6) is 5.75 Å². The van der Waals surface area contributed by atoms with Gasteiger partial charge in [0.1, 0.15) is 5.75 Å². The largest absolute Gasteiger partial charge is 0.508 e. The van der Waals surface area contributed by atoms with E-state index in [-0.39, 0.29) is 24.5 Å². The molecule has 3 N–H and O–H groups in total. The second-order valence-corrected chi connectivity index (χ2v) is 2.55. The molecule has 3 heteroatoms. The first kappa shape index (κ1) is 8.74. The Labute approximate surface area is 70.8 Å². The summed E-state index contributed by atoms with van der Waals surface area (Å²) in [4.78, 5) is 10.9. The monoisotopic (exact) mass is 165 g/mol. The number of carbonyl (C=O) groups excluding carboxylic acids is 1. The quantitative estimate of drug-likeness (QED) is 0.684. The van der Waals surface area contributed by atoms with Gasteiger partial charge < -0.3 is 10.8 Å². The van der Waals surface area contributed by atoms with Crippen molar-refractivity contribution in [3.8, 4) is 5.75 Å². The first-order valence-electron chi connectivity index (χ1n) is 3.72. The lowest BCUT2D eigenvalue weighted by atomic mass is 10.1. The number of carbonyl (C=O) groups is 1. The molecule has 0 saturated carbocycles. The van der Waals surface area contributed by atoms with Crippen LogP contribution in [0, 0.1) is 0 Å². The molecule has 1 aromatic carbocycles. The molecule has 0 aromatic heterocycles. The predicted molar refractivity (Wildman–Crippen MR) is 45.9 cm³/mol. The summed E-state index contributed by atoms with van der Waals surface area (Å²) in [6, 6.07) is 6.76. The number of nitrogens with two attached hydrogens (primary N) is 1. The SMILES string of the molecule is NCC(=O)Cc1ccccc1O. The number of ketones is 1. The fourth-order valence-electron chi connectivity index (χ4n) is 0.945. The number of Topliss-reactive ketones (excluding diaryl/α,β-unsaturated/α-hetero) is 1. The maximum absolute atomic E-state index is 10.9. The summed E-state index contributed by atoms with van der Waals surface area (Å²) in [5.74, 6) is 0.0794. The highest BCUT2D eigenvalue weighted by molar-refractivity contribution is 5.83. The van der Waals surface area contributed by atoms with Crippen LogP contribution >= 0.6 is 0 Å². The van der Waals surface area contributed by atoms with Crippen LogP contribution in [0.3, 0.4) is 0 Å². The number of hydrogen-bond donors (Lipinski definition) is 2. The van der Waals surface area contributed by atoms with E-state index in [1.54, 1.807) is 24.3 Å². The molecule has 3 nitrogen and oxygen atoms in total. The molecule has 0 amide bonds. The van der Waals surface area contributed by atoms with E-state index in [1.807, 2.05) is 0 Å². The smallest absolute Gasteiger partial charge is 0.150 e. The third-order valence-corrected chi connectivity index (χ3v) is 1.61. The molecule has 0 aliphatic rings. The molecular formula is C9H11NO2. The van der Waals surface area contributed by atoms with Gasteiger partial charge in [-0.1, -0.05) is 18.2 Å². The first-order valence-corrected chi connectivity index (χ1v) is 3.72. The van der Waals surface area contributed by atoms with E-state index in [9.17, 15) is 9.90 Å². The third kappa shape index (κ3) is 2.07. The molecule has 0 saturated heterocycles. The second-order valence-electron chi connectivity index (χ2n) is 2.55. The number of para-hydroxylation sites is 1. The number of aromatic hydroxyl groups is 1. The number of phenolic OH excluding ortho intramolecular Hbond substituents is 1. The molecule has 0 aliphatic heterocycles. The fraction of sp³-hybridized carbons (Fsp3) is 0.222. The fourth-order valence-corrected chi connectivity index (χ4v) is 0.945. The van der Waals surface area contributed by atoms with Gasteiger partial charge >= 0.3 is 0 Å². The summed E-state index contributed by atoms with van der Waals surface area (Å²) in [5, 5.41) is 9.26. The molecule has 64 valence electrons. The molecule has 0 fully saturated rings. The summed E-state index contributed by atoms with van der Waals surface area (Å²) >= 11 is 0. The molecule has 0 radical (unpaired) electrons. The Balaban J connectivity index is 2.75. The first-order chi connectivity index (χ1) is 5.74. The van der Waals surface area contributed by atoms with Crippen LogP contribution < -0.4 is 5.73 Å². The average molecular weight is 165 g/mol. The predicted octanol–water partition coefficient (Wildman–Crippen LogP) is 0.462. The van der Waals surface area contributed by atoms with Gasteiger partial charge in [-0.2, -0.15) is 0 Å². The van der Waals surface area contributed by atoms with Crippen LogP contribution in [0.2, 0.25) is 0 Å². The zero-order chi connectivity index (χ0) is 8.97. The standard InChI is InChI=1S/C9H11NO2/c10-6-8(11)5-7-3-1-2-4-9(7)12/h1-4,12H,5-6,10H2. The Kier molecular flexibility index (Phi) is 2.82. The van der Waals surface area contributed by atoms with E-state index in [0.29, 0.717) is 5.56 Å². The van der Waals surface area contributed by atoms with Crippen molar-refractivity contribution in [2.45, 2.75) is 6.42 Å².